The Kier molecular flexibility index (Phi) is 10.3. The van der Waals surface area contributed by atoms with Crippen molar-refractivity contribution in [3.63, 3.8) is 0 Å². The third kappa shape index (κ3) is 5.60. The van der Waals surface area contributed by atoms with Gasteiger partial charge in [0.15, 0.2) is 11.6 Å². The second-order valence-electron chi connectivity index (χ2n) is 15.7. The van der Waals surface area contributed by atoms with Crippen molar-refractivity contribution in [1.82, 2.24) is 0 Å². The summed E-state index contributed by atoms with van der Waals surface area (Å²) in [5.74, 6) is -16.0. The van der Waals surface area contributed by atoms with E-state index in [0.29, 0.717) is 12.2 Å². The first kappa shape index (κ1) is 41.5. The third-order valence-corrected chi connectivity index (χ3v) is 12.4. The van der Waals surface area contributed by atoms with Crippen molar-refractivity contribution in [2.75, 3.05) is 14.2 Å². The van der Waals surface area contributed by atoms with Crippen LogP contribution in [0.25, 0.3) is 32.7 Å². The molecule has 0 saturated carbocycles. The number of fused-ring (bicyclic) bond motifs is 4. The van der Waals surface area contributed by atoms with E-state index in [9.17, 15) is 60.0 Å². The Balaban J connectivity index is 2.05. The molecule has 0 saturated heterocycles. The van der Waals surface area contributed by atoms with Gasteiger partial charge in [0.1, 0.15) is 34.5 Å². The number of carbonyl (C=O) groups is 4. The summed E-state index contributed by atoms with van der Waals surface area (Å²) in [6.07, 6.45) is 1.40. The summed E-state index contributed by atoms with van der Waals surface area (Å²) in [6, 6.07) is 8.11. The second kappa shape index (κ2) is 14.4. The number of rotatable bonds is 7. The molecule has 8 N–H and O–H groups in total. The summed E-state index contributed by atoms with van der Waals surface area (Å²) in [5.41, 5.74) is -6.44. The number of aromatic hydroxyl groups is 4. The Labute approximate surface area is 332 Å². The number of ether oxygens (including phenoxy) is 2. The van der Waals surface area contributed by atoms with Crippen molar-refractivity contribution < 1.29 is 69.5 Å². The van der Waals surface area contributed by atoms with Gasteiger partial charge in [-0.25, -0.2) is 9.59 Å². The minimum absolute atomic E-state index is 0.0625. The summed E-state index contributed by atoms with van der Waals surface area (Å²) < 4.78 is 9.62. The average molecular weight is 799 g/mol. The monoisotopic (exact) mass is 798 g/mol. The minimum Gasteiger partial charge on any atom is -0.511 e. The van der Waals surface area contributed by atoms with Crippen LogP contribution < -0.4 is 0 Å². The summed E-state index contributed by atoms with van der Waals surface area (Å²) in [5, 5.41) is 95.9. The first-order chi connectivity index (χ1) is 27.1. The maximum atomic E-state index is 14.7. The van der Waals surface area contributed by atoms with Crippen molar-refractivity contribution in [2.45, 2.75) is 64.6 Å². The molecule has 0 spiro atoms. The van der Waals surface area contributed by atoms with E-state index in [1.165, 1.54) is 50.2 Å². The third-order valence-electron chi connectivity index (χ3n) is 12.4. The summed E-state index contributed by atoms with van der Waals surface area (Å²) in [7, 11) is 2.11. The fourth-order valence-corrected chi connectivity index (χ4v) is 9.43. The minimum atomic E-state index is -2.24. The second-order valence-corrected chi connectivity index (χ2v) is 15.7. The predicted octanol–water partition coefficient (Wildman–Crippen LogP) is 6.32. The number of hydrogen-bond donors (Lipinski definition) is 8. The van der Waals surface area contributed by atoms with Crippen LogP contribution >= 0.6 is 0 Å². The van der Waals surface area contributed by atoms with Crippen LogP contribution in [0, 0.1) is 23.7 Å². The SMILES string of the molecule is COC(=O)/C=C(/O)C1c2c(c(O)c3c(O)cccc3c2-c2c3c(c(O)c4c(O)cccc24)C(=O)C(C)C(O)(C(C)C)C3/C(O)=C\C(=O)OC)C(=O)C(C)C1(O)C(C)C. The van der Waals surface area contributed by atoms with E-state index in [0.717, 1.165) is 14.2 Å². The van der Waals surface area contributed by atoms with Gasteiger partial charge in [-0.3, -0.25) is 9.59 Å². The molecule has 0 aliphatic heterocycles. The lowest BCUT2D eigenvalue weighted by Gasteiger charge is -2.49. The molecular formula is C44H46O14. The molecule has 58 heavy (non-hydrogen) atoms. The molecule has 14 nitrogen and oxygen atoms in total. The number of esters is 2. The van der Waals surface area contributed by atoms with E-state index in [1.807, 2.05) is 0 Å². The molecule has 0 radical (unpaired) electrons. The van der Waals surface area contributed by atoms with Gasteiger partial charge in [-0.05, 0) is 57.0 Å². The molecule has 4 aromatic carbocycles. The fourth-order valence-electron chi connectivity index (χ4n) is 9.43. The van der Waals surface area contributed by atoms with Gasteiger partial charge in [0.05, 0.1) is 71.3 Å². The van der Waals surface area contributed by atoms with Crippen LogP contribution in [-0.2, 0) is 19.1 Å². The molecule has 6 unspecified atom stereocenters. The predicted molar refractivity (Wildman–Crippen MR) is 211 cm³/mol. The number of ketones is 2. The zero-order chi connectivity index (χ0) is 43.1. The lowest BCUT2D eigenvalue weighted by Crippen LogP contribution is -2.55. The molecule has 2 aliphatic carbocycles. The number of Topliss-reactive ketones (excluding diaryl/α,β-unsaturated/α-hetero) is 2. The fraction of sp³-hybridized carbons (Fsp3) is 0.364. The summed E-state index contributed by atoms with van der Waals surface area (Å²) in [6.45, 7) is 9.05. The maximum absolute atomic E-state index is 14.7. The van der Waals surface area contributed by atoms with Gasteiger partial charge in [0, 0.05) is 11.8 Å². The van der Waals surface area contributed by atoms with Crippen molar-refractivity contribution in [3.8, 4) is 34.1 Å². The Morgan fingerprint density at radius 1 is 0.621 bits per heavy atom. The molecule has 14 heteroatoms. The normalized spacial score (nSPS) is 25.0. The van der Waals surface area contributed by atoms with E-state index < -0.39 is 116 Å². The number of benzene rings is 4. The molecular weight excluding hydrogens is 752 g/mol. The number of aliphatic hydroxyl groups is 4. The highest BCUT2D eigenvalue weighted by Gasteiger charge is 2.59. The molecule has 0 bridgehead atoms. The van der Waals surface area contributed by atoms with Gasteiger partial charge in [0.25, 0.3) is 0 Å². The zero-order valence-electron chi connectivity index (χ0n) is 33.1. The van der Waals surface area contributed by atoms with Crippen molar-refractivity contribution >= 4 is 45.0 Å². The first-order valence-corrected chi connectivity index (χ1v) is 18.7. The van der Waals surface area contributed by atoms with Crippen LogP contribution in [0.3, 0.4) is 0 Å². The van der Waals surface area contributed by atoms with Gasteiger partial charge in [-0.2, -0.15) is 0 Å². The Bertz CT molecular complexity index is 2340. The van der Waals surface area contributed by atoms with Crippen molar-refractivity contribution in [1.29, 1.82) is 0 Å². The highest BCUT2D eigenvalue weighted by molar-refractivity contribution is 6.22. The van der Waals surface area contributed by atoms with Gasteiger partial charge in [-0.1, -0.05) is 65.8 Å². The van der Waals surface area contributed by atoms with Crippen LogP contribution in [0.5, 0.6) is 23.0 Å². The van der Waals surface area contributed by atoms with Gasteiger partial charge in [0.2, 0.25) is 0 Å². The molecule has 6 rings (SSSR count). The highest BCUT2D eigenvalue weighted by Crippen LogP contribution is 2.62. The molecule has 2 aliphatic rings. The number of carbonyl (C=O) groups excluding carboxylic acids is 4. The zero-order valence-corrected chi connectivity index (χ0v) is 33.1. The highest BCUT2D eigenvalue weighted by atomic mass is 16.5. The maximum Gasteiger partial charge on any atom is 0.333 e. The number of methoxy groups -OCH3 is 2. The molecule has 0 aromatic heterocycles. The number of aliphatic hydroxyl groups excluding tert-OH is 2. The van der Waals surface area contributed by atoms with E-state index in [2.05, 4.69) is 0 Å². The summed E-state index contributed by atoms with van der Waals surface area (Å²) >= 11 is 0. The van der Waals surface area contributed by atoms with Crippen molar-refractivity contribution in [2.24, 2.45) is 23.7 Å². The molecule has 0 amide bonds. The smallest absolute Gasteiger partial charge is 0.333 e. The lowest BCUT2D eigenvalue weighted by molar-refractivity contribution is -0.136. The van der Waals surface area contributed by atoms with E-state index in [1.54, 1.807) is 27.7 Å². The first-order valence-electron chi connectivity index (χ1n) is 18.7. The van der Waals surface area contributed by atoms with Crippen LogP contribution in [0.2, 0.25) is 0 Å². The van der Waals surface area contributed by atoms with Gasteiger partial charge < -0.3 is 50.3 Å². The Morgan fingerprint density at radius 2 is 0.948 bits per heavy atom. The van der Waals surface area contributed by atoms with Crippen LogP contribution in [-0.4, -0.2) is 89.8 Å². The van der Waals surface area contributed by atoms with Crippen LogP contribution in [0.1, 0.15) is 85.2 Å². The van der Waals surface area contributed by atoms with E-state index >= 15 is 0 Å². The Hall–Kier alpha value is -6.12. The largest absolute Gasteiger partial charge is 0.511 e. The molecule has 0 heterocycles. The number of phenols is 4. The molecule has 0 fully saturated rings. The quantitative estimate of drug-likeness (QED) is 0.0579. The van der Waals surface area contributed by atoms with Crippen LogP contribution in [0.15, 0.2) is 60.1 Å². The standard InChI is InChI=1S/C44H46O14/c1-17(2)43(55)19(5)39(51)35-33(37(43)25(47)15-27(49)57-7)31(21-11-9-13-23(45)29(21)41(35)53)32-22-12-10-14-24(46)30(22)42(54)36-34(32)38(26(48)16-28(50)58-8)44(56,18(3)4)20(6)40(36)52/h9-20,37-38,45-48,53-56H,1-8H3/b25-15+,26-16+. The van der Waals surface area contributed by atoms with Gasteiger partial charge in [-0.15, -0.1) is 0 Å². The lowest BCUT2D eigenvalue weighted by atomic mass is 9.56. The summed E-state index contributed by atoms with van der Waals surface area (Å²) in [4.78, 5) is 55.0. The van der Waals surface area contributed by atoms with E-state index in [-0.39, 0.29) is 43.8 Å². The van der Waals surface area contributed by atoms with Gasteiger partial charge >= 0.3 is 11.9 Å². The topological polar surface area (TPSA) is 249 Å². The molecule has 306 valence electrons. The average Bonchev–Trinajstić information content (AvgIpc) is 3.16. The van der Waals surface area contributed by atoms with E-state index in [4.69, 9.17) is 9.47 Å². The van der Waals surface area contributed by atoms with Crippen molar-refractivity contribution in [3.05, 3.63) is 82.3 Å². The Morgan fingerprint density at radius 3 is 1.24 bits per heavy atom. The number of phenolic OH excluding ortho intramolecular Hbond substituents is 4. The molecule has 4 aromatic rings. The van der Waals surface area contributed by atoms with Crippen LogP contribution in [0.4, 0.5) is 0 Å². The number of hydrogen-bond acceptors (Lipinski definition) is 14. The molecule has 6 atom stereocenters.